The summed E-state index contributed by atoms with van der Waals surface area (Å²) < 4.78 is 0. The third-order valence-corrected chi connectivity index (χ3v) is 5.92. The Balaban J connectivity index is 1.32. The van der Waals surface area contributed by atoms with Crippen LogP contribution in [0.25, 0.3) is 0 Å². The SMILES string of the molecule is CCN1CCN(c2ccc(CNC(=O)CCCNC(=O)c3cccs3)cn2)CC1. The molecule has 2 aromatic heterocycles. The number of likely N-dealkylation sites (N-methyl/N-ethyl adjacent to an activating group) is 1. The number of nitrogens with zero attached hydrogens (tertiary/aromatic N) is 3. The summed E-state index contributed by atoms with van der Waals surface area (Å²) in [5, 5.41) is 7.62. The number of amides is 2. The zero-order valence-electron chi connectivity index (χ0n) is 16.9. The van der Waals surface area contributed by atoms with E-state index < -0.39 is 0 Å². The minimum atomic E-state index is -0.0809. The number of anilines is 1. The van der Waals surface area contributed by atoms with Gasteiger partial charge in [0, 0.05) is 51.9 Å². The highest BCUT2D eigenvalue weighted by Gasteiger charge is 2.16. The van der Waals surface area contributed by atoms with Gasteiger partial charge in [-0.2, -0.15) is 0 Å². The zero-order valence-corrected chi connectivity index (χ0v) is 17.7. The predicted octanol–water partition coefficient (Wildman–Crippen LogP) is 2.11. The van der Waals surface area contributed by atoms with Gasteiger partial charge in [-0.05, 0) is 36.0 Å². The second kappa shape index (κ2) is 10.9. The Bertz CT molecular complexity index is 771. The summed E-state index contributed by atoms with van der Waals surface area (Å²) in [5.41, 5.74) is 0.986. The van der Waals surface area contributed by atoms with E-state index in [9.17, 15) is 9.59 Å². The lowest BCUT2D eigenvalue weighted by Gasteiger charge is -2.34. The molecule has 0 radical (unpaired) electrons. The normalized spacial score (nSPS) is 14.6. The van der Waals surface area contributed by atoms with E-state index in [1.807, 2.05) is 29.8 Å². The van der Waals surface area contributed by atoms with Gasteiger partial charge in [-0.1, -0.05) is 19.1 Å². The number of aromatic nitrogens is 1. The van der Waals surface area contributed by atoms with Gasteiger partial charge in [-0.15, -0.1) is 11.3 Å². The molecule has 7 nitrogen and oxygen atoms in total. The highest BCUT2D eigenvalue weighted by atomic mass is 32.1. The summed E-state index contributed by atoms with van der Waals surface area (Å²) in [4.78, 5) is 33.8. The molecule has 3 rings (SSSR count). The summed E-state index contributed by atoms with van der Waals surface area (Å²) in [5.74, 6) is 0.898. The van der Waals surface area contributed by atoms with Crippen molar-refractivity contribution < 1.29 is 9.59 Å². The smallest absolute Gasteiger partial charge is 0.261 e. The zero-order chi connectivity index (χ0) is 20.5. The molecular weight excluding hydrogens is 386 g/mol. The average molecular weight is 416 g/mol. The maximum absolute atomic E-state index is 12.0. The molecule has 0 spiro atoms. The second-order valence-corrected chi connectivity index (χ2v) is 8.01. The molecule has 0 aromatic carbocycles. The monoisotopic (exact) mass is 415 g/mol. The Morgan fingerprint density at radius 1 is 1.14 bits per heavy atom. The molecule has 2 N–H and O–H groups in total. The lowest BCUT2D eigenvalue weighted by Crippen LogP contribution is -2.46. The van der Waals surface area contributed by atoms with Crippen LogP contribution in [0, 0.1) is 0 Å². The van der Waals surface area contributed by atoms with Crippen molar-refractivity contribution in [2.75, 3.05) is 44.2 Å². The molecular formula is C21H29N5O2S. The van der Waals surface area contributed by atoms with Crippen molar-refractivity contribution >= 4 is 29.0 Å². The number of rotatable bonds is 9. The van der Waals surface area contributed by atoms with Crippen LogP contribution in [0.15, 0.2) is 35.8 Å². The number of nitrogens with one attached hydrogen (secondary N) is 2. The largest absolute Gasteiger partial charge is 0.354 e. The molecule has 8 heteroatoms. The number of hydrogen-bond acceptors (Lipinski definition) is 6. The van der Waals surface area contributed by atoms with E-state index in [0.29, 0.717) is 30.8 Å². The molecule has 2 aromatic rings. The van der Waals surface area contributed by atoms with Crippen LogP contribution in [0.1, 0.15) is 35.0 Å². The van der Waals surface area contributed by atoms with Gasteiger partial charge in [0.25, 0.3) is 5.91 Å². The molecule has 1 saturated heterocycles. The number of hydrogen-bond donors (Lipinski definition) is 2. The summed E-state index contributed by atoms with van der Waals surface area (Å²) in [6.07, 6.45) is 2.84. The van der Waals surface area contributed by atoms with Crippen LogP contribution >= 0.6 is 11.3 Å². The lowest BCUT2D eigenvalue weighted by molar-refractivity contribution is -0.121. The van der Waals surface area contributed by atoms with Crippen molar-refractivity contribution in [3.8, 4) is 0 Å². The molecule has 0 bridgehead atoms. The minimum absolute atomic E-state index is 0.0184. The molecule has 1 fully saturated rings. The highest BCUT2D eigenvalue weighted by Crippen LogP contribution is 2.14. The van der Waals surface area contributed by atoms with Gasteiger partial charge in [0.05, 0.1) is 4.88 Å². The van der Waals surface area contributed by atoms with Crippen LogP contribution in [0.5, 0.6) is 0 Å². The van der Waals surface area contributed by atoms with E-state index in [1.165, 1.54) is 11.3 Å². The Morgan fingerprint density at radius 3 is 2.62 bits per heavy atom. The Hall–Kier alpha value is -2.45. The van der Waals surface area contributed by atoms with Gasteiger partial charge in [0.1, 0.15) is 5.82 Å². The predicted molar refractivity (Wildman–Crippen MR) is 116 cm³/mol. The summed E-state index contributed by atoms with van der Waals surface area (Å²) in [7, 11) is 0. The van der Waals surface area contributed by atoms with Crippen molar-refractivity contribution in [3.63, 3.8) is 0 Å². The van der Waals surface area contributed by atoms with Crippen LogP contribution < -0.4 is 15.5 Å². The maximum Gasteiger partial charge on any atom is 0.261 e. The first kappa shape index (κ1) is 21.3. The fraction of sp³-hybridized carbons (Fsp3) is 0.476. The second-order valence-electron chi connectivity index (χ2n) is 7.06. The summed E-state index contributed by atoms with van der Waals surface area (Å²) in [6, 6.07) is 7.69. The summed E-state index contributed by atoms with van der Waals surface area (Å²) in [6.45, 7) is 8.40. The van der Waals surface area contributed by atoms with Crippen molar-refractivity contribution in [3.05, 3.63) is 46.3 Å². The molecule has 156 valence electrons. The molecule has 0 atom stereocenters. The third-order valence-electron chi connectivity index (χ3n) is 5.05. The van der Waals surface area contributed by atoms with Crippen molar-refractivity contribution in [2.45, 2.75) is 26.3 Å². The molecule has 2 amide bonds. The van der Waals surface area contributed by atoms with Crippen molar-refractivity contribution in [1.29, 1.82) is 0 Å². The fourth-order valence-corrected chi connectivity index (χ4v) is 3.88. The number of piperazine rings is 1. The van der Waals surface area contributed by atoms with Gasteiger partial charge in [0.15, 0.2) is 0 Å². The van der Waals surface area contributed by atoms with E-state index in [1.54, 1.807) is 6.07 Å². The Labute approximate surface area is 176 Å². The van der Waals surface area contributed by atoms with Crippen LogP contribution in [0.2, 0.25) is 0 Å². The lowest BCUT2D eigenvalue weighted by atomic mass is 10.2. The molecule has 0 saturated carbocycles. The first-order valence-electron chi connectivity index (χ1n) is 10.2. The molecule has 3 heterocycles. The minimum Gasteiger partial charge on any atom is -0.354 e. The van der Waals surface area contributed by atoms with E-state index in [-0.39, 0.29) is 11.8 Å². The highest BCUT2D eigenvalue weighted by molar-refractivity contribution is 7.12. The Morgan fingerprint density at radius 2 is 1.97 bits per heavy atom. The first-order chi connectivity index (χ1) is 14.2. The quantitative estimate of drug-likeness (QED) is 0.614. The van der Waals surface area contributed by atoms with Crippen molar-refractivity contribution in [1.82, 2.24) is 20.5 Å². The van der Waals surface area contributed by atoms with E-state index >= 15 is 0 Å². The van der Waals surface area contributed by atoms with Crippen LogP contribution in [-0.2, 0) is 11.3 Å². The topological polar surface area (TPSA) is 77.6 Å². The van der Waals surface area contributed by atoms with Gasteiger partial charge in [-0.25, -0.2) is 4.98 Å². The van der Waals surface area contributed by atoms with E-state index in [0.717, 1.165) is 44.1 Å². The van der Waals surface area contributed by atoms with Gasteiger partial charge in [-0.3, -0.25) is 9.59 Å². The molecule has 0 unspecified atom stereocenters. The molecule has 0 aliphatic carbocycles. The molecule has 1 aliphatic rings. The van der Waals surface area contributed by atoms with Crippen LogP contribution in [0.4, 0.5) is 5.82 Å². The van der Waals surface area contributed by atoms with Gasteiger partial charge < -0.3 is 20.4 Å². The number of carbonyl (C=O) groups excluding carboxylic acids is 2. The van der Waals surface area contributed by atoms with E-state index in [2.05, 4.69) is 32.3 Å². The standard InChI is InChI=1S/C21H29N5O2S/c1-2-25-10-12-26(13-11-25)19-8-7-17(15-23-19)16-24-20(27)6-3-9-22-21(28)18-5-4-14-29-18/h4-5,7-8,14-15H,2-3,6,9-13,16H2,1H3,(H,22,28)(H,24,27). The van der Waals surface area contributed by atoms with E-state index in [4.69, 9.17) is 0 Å². The van der Waals surface area contributed by atoms with Crippen molar-refractivity contribution in [2.24, 2.45) is 0 Å². The Kier molecular flexibility index (Phi) is 8.01. The fourth-order valence-electron chi connectivity index (χ4n) is 3.24. The maximum atomic E-state index is 12.0. The first-order valence-corrected chi connectivity index (χ1v) is 11.0. The van der Waals surface area contributed by atoms with Crippen LogP contribution in [0.3, 0.4) is 0 Å². The number of carbonyl (C=O) groups is 2. The van der Waals surface area contributed by atoms with Gasteiger partial charge in [0.2, 0.25) is 5.91 Å². The molecule has 29 heavy (non-hydrogen) atoms. The van der Waals surface area contributed by atoms with Crippen LogP contribution in [-0.4, -0.2) is 61.0 Å². The average Bonchev–Trinajstić information content (AvgIpc) is 3.31. The third kappa shape index (κ3) is 6.54. The number of thiophene rings is 1. The molecule has 1 aliphatic heterocycles. The van der Waals surface area contributed by atoms with Gasteiger partial charge >= 0.3 is 0 Å². The summed E-state index contributed by atoms with van der Waals surface area (Å²) >= 11 is 1.41. The number of pyridine rings is 1.